The number of nitrogens with zero attached hydrogens (tertiary/aromatic N) is 2. The zero-order valence-electron chi connectivity index (χ0n) is 16.6. The van der Waals surface area contributed by atoms with Crippen LogP contribution in [0.3, 0.4) is 0 Å². The third-order valence-electron chi connectivity index (χ3n) is 4.10. The number of carbonyl (C=O) groups excluding carboxylic acids is 2. The van der Waals surface area contributed by atoms with Crippen LogP contribution < -0.4 is 10.5 Å². The van der Waals surface area contributed by atoms with Crippen LogP contribution in [0.25, 0.3) is 11.0 Å². The van der Waals surface area contributed by atoms with E-state index >= 15 is 0 Å². The Morgan fingerprint density at radius 3 is 2.42 bits per heavy atom. The van der Waals surface area contributed by atoms with Gasteiger partial charge in [0.2, 0.25) is 11.7 Å². The van der Waals surface area contributed by atoms with Crippen molar-refractivity contribution < 1.29 is 18.7 Å². The maximum atomic E-state index is 12.6. The average molecular weight is 418 g/mol. The van der Waals surface area contributed by atoms with Gasteiger partial charge in [0.1, 0.15) is 11.3 Å². The molecule has 31 heavy (non-hydrogen) atoms. The van der Waals surface area contributed by atoms with Crippen molar-refractivity contribution in [3.05, 3.63) is 96.2 Å². The Hall–Kier alpha value is -4.33. The number of benzene rings is 2. The largest absolute Gasteiger partial charge is 0.438 e. The molecule has 0 unspecified atom stereocenters. The number of pyridine rings is 1. The number of hydrogen-bond acceptors (Lipinski definition) is 5. The van der Waals surface area contributed by atoms with Crippen LogP contribution in [0.4, 0.5) is 4.39 Å². The molecule has 7 nitrogen and oxygen atoms in total. The molecule has 2 aromatic carbocycles. The lowest BCUT2D eigenvalue weighted by Gasteiger charge is -2.08. The molecule has 0 aliphatic heterocycles. The zero-order chi connectivity index (χ0) is 22.2. The molecule has 0 aliphatic rings. The van der Waals surface area contributed by atoms with E-state index in [0.717, 1.165) is 11.0 Å². The number of ketones is 1. The fourth-order valence-corrected chi connectivity index (χ4v) is 2.64. The van der Waals surface area contributed by atoms with Gasteiger partial charge in [-0.25, -0.2) is 14.4 Å². The van der Waals surface area contributed by atoms with E-state index in [9.17, 15) is 14.0 Å². The molecule has 0 atom stereocenters. The Kier molecular flexibility index (Phi) is 6.85. The van der Waals surface area contributed by atoms with Crippen molar-refractivity contribution in [1.82, 2.24) is 15.0 Å². The Balaban J connectivity index is 0.000000628. The molecule has 4 aromatic rings. The highest BCUT2D eigenvalue weighted by Gasteiger charge is 2.15. The van der Waals surface area contributed by atoms with Crippen LogP contribution in [0.2, 0.25) is 0 Å². The van der Waals surface area contributed by atoms with Crippen molar-refractivity contribution in [2.24, 2.45) is 5.73 Å². The van der Waals surface area contributed by atoms with Gasteiger partial charge < -0.3 is 15.5 Å². The zero-order valence-corrected chi connectivity index (χ0v) is 16.6. The topological polar surface area (TPSA) is 111 Å². The predicted octanol–water partition coefficient (Wildman–Crippen LogP) is 4.57. The predicted molar refractivity (Wildman–Crippen MR) is 115 cm³/mol. The number of amides is 1. The summed E-state index contributed by atoms with van der Waals surface area (Å²) in [5.41, 5.74) is 7.48. The Labute approximate surface area is 177 Å². The van der Waals surface area contributed by atoms with Gasteiger partial charge in [-0.2, -0.15) is 0 Å². The van der Waals surface area contributed by atoms with E-state index < -0.39 is 5.91 Å². The summed E-state index contributed by atoms with van der Waals surface area (Å²) in [6.45, 7) is 1.62. The maximum absolute atomic E-state index is 12.6. The first-order valence-corrected chi connectivity index (χ1v) is 9.27. The molecule has 0 fully saturated rings. The number of para-hydroxylation sites is 2. The van der Waals surface area contributed by atoms with Gasteiger partial charge in [-0.15, -0.1) is 0 Å². The summed E-state index contributed by atoms with van der Waals surface area (Å²) in [6.07, 6.45) is 3.33. The lowest BCUT2D eigenvalue weighted by atomic mass is 10.1. The number of ether oxygens (including phenoxy) is 1. The number of imidazole rings is 1. The van der Waals surface area contributed by atoms with Gasteiger partial charge >= 0.3 is 0 Å². The van der Waals surface area contributed by atoms with Crippen molar-refractivity contribution in [1.29, 1.82) is 0 Å². The molecule has 4 rings (SSSR count). The highest BCUT2D eigenvalue weighted by atomic mass is 19.1. The summed E-state index contributed by atoms with van der Waals surface area (Å²) >= 11 is 0. The molecular weight excluding hydrogens is 399 g/mol. The number of H-pyrrole nitrogens is 1. The number of primary amides is 1. The summed E-state index contributed by atoms with van der Waals surface area (Å²) in [6, 6.07) is 17.1. The molecular formula is C23H19FN4O3. The van der Waals surface area contributed by atoms with Crippen molar-refractivity contribution in [2.75, 3.05) is 0 Å². The first-order valence-electron chi connectivity index (χ1n) is 9.27. The molecule has 2 heterocycles. The second kappa shape index (κ2) is 9.93. The monoisotopic (exact) mass is 418 g/mol. The number of nitrogens with two attached hydrogens (primary N) is 1. The van der Waals surface area contributed by atoms with Crippen LogP contribution in [0.1, 0.15) is 33.5 Å². The second-order valence-corrected chi connectivity index (χ2v) is 6.24. The fourth-order valence-electron chi connectivity index (χ4n) is 2.64. The molecule has 8 heteroatoms. The van der Waals surface area contributed by atoms with Crippen LogP contribution in [0.15, 0.2) is 79.3 Å². The highest BCUT2D eigenvalue weighted by molar-refractivity contribution is 6.08. The first kappa shape index (κ1) is 21.4. The van der Waals surface area contributed by atoms with E-state index in [4.69, 9.17) is 10.5 Å². The molecule has 0 bridgehead atoms. The van der Waals surface area contributed by atoms with Gasteiger partial charge in [-0.05, 0) is 55.5 Å². The molecule has 0 saturated heterocycles. The quantitative estimate of drug-likeness (QED) is 0.461. The van der Waals surface area contributed by atoms with Crippen LogP contribution in [0, 0.1) is 0 Å². The standard InChI is InChI=1S/C20H14N4O3.C3H5F/c21-18(26)14-4-3-11-22-20(14)27-13-9-7-12(8-10-13)17(25)19-23-15-5-1-2-6-16(15)24-19;1-2-3-4/h1-11H,(H2,21,26)(H,23,24);2-3H,1H3/b;3-2+. The summed E-state index contributed by atoms with van der Waals surface area (Å²) in [4.78, 5) is 35.4. The summed E-state index contributed by atoms with van der Waals surface area (Å²) < 4.78 is 16.2. The molecule has 2 aromatic heterocycles. The first-order chi connectivity index (χ1) is 15.0. The number of aromatic amines is 1. The Morgan fingerprint density at radius 2 is 1.77 bits per heavy atom. The number of halogens is 1. The number of carbonyl (C=O) groups is 2. The lowest BCUT2D eigenvalue weighted by molar-refractivity contribution is 0.0995. The van der Waals surface area contributed by atoms with E-state index in [2.05, 4.69) is 15.0 Å². The highest BCUT2D eigenvalue weighted by Crippen LogP contribution is 2.23. The van der Waals surface area contributed by atoms with Crippen LogP contribution in [-0.2, 0) is 0 Å². The van der Waals surface area contributed by atoms with Gasteiger partial charge in [0.05, 0.1) is 17.4 Å². The van der Waals surface area contributed by atoms with E-state index in [1.807, 2.05) is 24.3 Å². The number of hydrogen-bond donors (Lipinski definition) is 2. The molecule has 0 saturated carbocycles. The minimum Gasteiger partial charge on any atom is -0.438 e. The van der Waals surface area contributed by atoms with Gasteiger partial charge in [-0.3, -0.25) is 9.59 Å². The number of allylic oxidation sites excluding steroid dienone is 1. The van der Waals surface area contributed by atoms with Crippen LogP contribution >= 0.6 is 0 Å². The Morgan fingerprint density at radius 1 is 1.06 bits per heavy atom. The van der Waals surface area contributed by atoms with Crippen molar-refractivity contribution in [2.45, 2.75) is 6.92 Å². The summed E-state index contributed by atoms with van der Waals surface area (Å²) in [7, 11) is 0. The molecule has 0 spiro atoms. The van der Waals surface area contributed by atoms with Crippen molar-refractivity contribution in [3.8, 4) is 11.6 Å². The van der Waals surface area contributed by atoms with Gasteiger partial charge in [0, 0.05) is 11.8 Å². The minimum atomic E-state index is -0.630. The maximum Gasteiger partial charge on any atom is 0.254 e. The lowest BCUT2D eigenvalue weighted by Crippen LogP contribution is -2.12. The summed E-state index contributed by atoms with van der Waals surface area (Å²) in [5, 5.41) is 0. The van der Waals surface area contributed by atoms with Gasteiger partial charge in [0.25, 0.3) is 5.91 Å². The van der Waals surface area contributed by atoms with Crippen molar-refractivity contribution >= 4 is 22.7 Å². The molecule has 0 radical (unpaired) electrons. The van der Waals surface area contributed by atoms with E-state index in [-0.39, 0.29) is 23.1 Å². The van der Waals surface area contributed by atoms with Gasteiger partial charge in [0.15, 0.2) is 5.82 Å². The van der Waals surface area contributed by atoms with Gasteiger partial charge in [-0.1, -0.05) is 18.2 Å². The minimum absolute atomic E-state index is 0.112. The third kappa shape index (κ3) is 5.18. The molecule has 1 amide bonds. The fraction of sp³-hybridized carbons (Fsp3) is 0.0435. The number of nitrogens with one attached hydrogen (secondary N) is 1. The molecule has 156 valence electrons. The smallest absolute Gasteiger partial charge is 0.254 e. The molecule has 0 aliphatic carbocycles. The van der Waals surface area contributed by atoms with E-state index in [1.165, 1.54) is 18.3 Å². The summed E-state index contributed by atoms with van der Waals surface area (Å²) in [5.74, 6) is -0.0486. The number of fused-ring (bicyclic) bond motifs is 1. The van der Waals surface area contributed by atoms with Crippen molar-refractivity contribution in [3.63, 3.8) is 0 Å². The number of aromatic nitrogens is 3. The normalized spacial score (nSPS) is 10.5. The van der Waals surface area contributed by atoms with Crippen LogP contribution in [-0.4, -0.2) is 26.6 Å². The van der Waals surface area contributed by atoms with Crippen LogP contribution in [0.5, 0.6) is 11.6 Å². The second-order valence-electron chi connectivity index (χ2n) is 6.24. The third-order valence-corrected chi connectivity index (χ3v) is 4.10. The number of rotatable bonds is 5. The SMILES string of the molecule is C/C=C/F.NC(=O)c1cccnc1Oc1ccc(C(=O)c2nc3ccccc3[nH]2)cc1. The Bertz CT molecular complexity index is 1200. The van der Waals surface area contributed by atoms with E-state index in [1.54, 1.807) is 37.3 Å². The average Bonchev–Trinajstić information content (AvgIpc) is 3.24. The molecule has 3 N–H and O–H groups in total. The van der Waals surface area contributed by atoms with E-state index in [0.29, 0.717) is 17.6 Å².